The average molecular weight is 259 g/mol. The predicted octanol–water partition coefficient (Wildman–Crippen LogP) is -0.518. The summed E-state index contributed by atoms with van der Waals surface area (Å²) in [5.41, 5.74) is 2.47. The molecule has 92 valence electrons. The summed E-state index contributed by atoms with van der Waals surface area (Å²) in [7, 11) is 4.14. The summed E-state index contributed by atoms with van der Waals surface area (Å²) < 4.78 is 2.24. The highest BCUT2D eigenvalue weighted by Gasteiger charge is 2.16. The summed E-state index contributed by atoms with van der Waals surface area (Å²) in [6.45, 7) is 0. The van der Waals surface area contributed by atoms with Crippen molar-refractivity contribution >= 4 is 21.8 Å². The number of aromatic nitrogens is 1. The molecule has 0 aliphatic carbocycles. The number of fused-ring (bicyclic) bond motifs is 2. The first kappa shape index (κ1) is 12.7. The number of halogens is 1. The summed E-state index contributed by atoms with van der Waals surface area (Å²) in [5, 5.41) is 4.64. The molecule has 0 N–H and O–H groups in total. The van der Waals surface area contributed by atoms with Gasteiger partial charge in [-0.15, -0.1) is 0 Å². The largest absolute Gasteiger partial charge is 1.00 e. The first-order valence-corrected chi connectivity index (χ1v) is 5.77. The van der Waals surface area contributed by atoms with Gasteiger partial charge in [0, 0.05) is 22.9 Å². The Morgan fingerprint density at radius 1 is 0.778 bits per heavy atom. The van der Waals surface area contributed by atoms with Gasteiger partial charge in [0.15, 0.2) is 0 Å². The van der Waals surface area contributed by atoms with Crippen molar-refractivity contribution in [1.29, 1.82) is 0 Å². The highest BCUT2D eigenvalue weighted by molar-refractivity contribution is 5.88. The molecule has 0 atom stereocenters. The molecule has 0 unspecified atom stereocenters. The highest BCUT2D eigenvalue weighted by Crippen LogP contribution is 2.17. The second-order valence-corrected chi connectivity index (χ2v) is 4.42. The Morgan fingerprint density at radius 3 is 1.67 bits per heavy atom. The smallest absolute Gasteiger partial charge is 0.243 e. The molecule has 3 aromatic rings. The maximum Gasteiger partial charge on any atom is 0.243 e. The van der Waals surface area contributed by atoms with Crippen molar-refractivity contribution in [3.8, 4) is 0 Å². The quantitative estimate of drug-likeness (QED) is 0.421. The van der Waals surface area contributed by atoms with Gasteiger partial charge < -0.3 is 12.4 Å². The molecule has 0 spiro atoms. The summed E-state index contributed by atoms with van der Waals surface area (Å²) in [5.74, 6) is 0. The van der Waals surface area contributed by atoms with Crippen LogP contribution < -0.4 is 22.1 Å². The minimum atomic E-state index is 0. The predicted molar refractivity (Wildman–Crippen MR) is 71.7 cm³/mol. The van der Waals surface area contributed by atoms with Crippen LogP contribution in [-0.2, 0) is 0 Å². The topological polar surface area (TPSA) is 7.12 Å². The highest BCUT2D eigenvalue weighted by atomic mass is 35.5. The second kappa shape index (κ2) is 4.83. The van der Waals surface area contributed by atoms with Crippen LogP contribution in [0.5, 0.6) is 0 Å². The van der Waals surface area contributed by atoms with Crippen LogP contribution in [0.15, 0.2) is 54.6 Å². The Labute approximate surface area is 113 Å². The Kier molecular flexibility index (Phi) is 3.39. The Hall–Kier alpha value is -1.80. The molecule has 3 rings (SSSR count). The molecule has 0 amide bonds. The minimum Gasteiger partial charge on any atom is -1.00 e. The van der Waals surface area contributed by atoms with Crippen LogP contribution in [0, 0.1) is 0 Å². The molecule has 0 fully saturated rings. The zero-order valence-electron chi connectivity index (χ0n) is 10.5. The van der Waals surface area contributed by atoms with E-state index in [9.17, 15) is 0 Å². The molecule has 1 aromatic heterocycles. The van der Waals surface area contributed by atoms with E-state index in [-0.39, 0.29) is 12.4 Å². The van der Waals surface area contributed by atoms with E-state index >= 15 is 0 Å². The molecule has 0 aliphatic rings. The van der Waals surface area contributed by atoms with Crippen molar-refractivity contribution < 1.29 is 17.1 Å². The monoisotopic (exact) mass is 258 g/mol. The van der Waals surface area contributed by atoms with Crippen LogP contribution in [0.25, 0.3) is 21.8 Å². The third kappa shape index (κ3) is 1.89. The zero-order valence-corrected chi connectivity index (χ0v) is 11.2. The van der Waals surface area contributed by atoms with Gasteiger partial charge in [-0.3, -0.25) is 0 Å². The van der Waals surface area contributed by atoms with Crippen LogP contribution >= 0.6 is 0 Å². The molecular formula is C15H15ClN2. The molecule has 2 nitrogen and oxygen atoms in total. The lowest BCUT2D eigenvalue weighted by molar-refractivity contribution is -0.635. The SMILES string of the molecule is CN(C)[n+]1c2ccccc2cc2ccccc21.[Cl-]. The molecule has 0 aliphatic heterocycles. The zero-order chi connectivity index (χ0) is 11.8. The number of para-hydroxylation sites is 2. The minimum absolute atomic E-state index is 0. The van der Waals surface area contributed by atoms with E-state index in [1.54, 1.807) is 0 Å². The number of pyridine rings is 1. The van der Waals surface area contributed by atoms with Gasteiger partial charge in [0.1, 0.15) is 0 Å². The molecule has 3 heteroatoms. The Balaban J connectivity index is 0.00000120. The normalized spacial score (nSPS) is 10.3. The number of benzene rings is 2. The van der Waals surface area contributed by atoms with E-state index in [0.717, 1.165) is 0 Å². The lowest BCUT2D eigenvalue weighted by Crippen LogP contribution is -3.00. The number of hydrogen-bond acceptors (Lipinski definition) is 1. The Bertz CT molecular complexity index is 638. The molecule has 0 saturated carbocycles. The van der Waals surface area contributed by atoms with Gasteiger partial charge in [-0.2, -0.15) is 5.01 Å². The van der Waals surface area contributed by atoms with Gasteiger partial charge in [-0.1, -0.05) is 28.9 Å². The van der Waals surface area contributed by atoms with E-state index in [1.807, 2.05) is 0 Å². The first-order valence-electron chi connectivity index (χ1n) is 5.77. The standard InChI is InChI=1S/C15H15N2.ClH/c1-16(2)17-14-9-5-3-7-12(14)11-13-8-4-6-10-15(13)17;/h3-11H,1-2H3;1H/q+1;/p-1. The van der Waals surface area contributed by atoms with Crippen LogP contribution in [0.1, 0.15) is 0 Å². The first-order chi connectivity index (χ1) is 8.27. The number of rotatable bonds is 1. The molecule has 2 aromatic carbocycles. The molecule has 18 heavy (non-hydrogen) atoms. The maximum atomic E-state index is 2.24. The van der Waals surface area contributed by atoms with E-state index < -0.39 is 0 Å². The van der Waals surface area contributed by atoms with Crippen molar-refractivity contribution in [3.05, 3.63) is 54.6 Å². The maximum absolute atomic E-state index is 2.24. The van der Waals surface area contributed by atoms with Gasteiger partial charge in [-0.25, -0.2) is 0 Å². The molecule has 1 heterocycles. The van der Waals surface area contributed by atoms with Gasteiger partial charge in [0.25, 0.3) is 0 Å². The van der Waals surface area contributed by atoms with Crippen LogP contribution in [0.4, 0.5) is 0 Å². The number of nitrogens with zero attached hydrogens (tertiary/aromatic N) is 2. The number of hydrogen-bond donors (Lipinski definition) is 0. The molecule has 0 saturated heterocycles. The Morgan fingerprint density at radius 2 is 1.22 bits per heavy atom. The fourth-order valence-corrected chi connectivity index (χ4v) is 2.33. The van der Waals surface area contributed by atoms with E-state index in [0.29, 0.717) is 0 Å². The fraction of sp³-hybridized carbons (Fsp3) is 0.133. The van der Waals surface area contributed by atoms with Gasteiger partial charge >= 0.3 is 0 Å². The third-order valence-corrected chi connectivity index (χ3v) is 3.04. The van der Waals surface area contributed by atoms with E-state index in [4.69, 9.17) is 0 Å². The van der Waals surface area contributed by atoms with Gasteiger partial charge in [0.2, 0.25) is 11.0 Å². The molecule has 0 bridgehead atoms. The van der Waals surface area contributed by atoms with Crippen molar-refractivity contribution in [2.75, 3.05) is 19.1 Å². The summed E-state index contributed by atoms with van der Waals surface area (Å²) in [4.78, 5) is 0. The van der Waals surface area contributed by atoms with Gasteiger partial charge in [-0.05, 0) is 18.2 Å². The van der Waals surface area contributed by atoms with E-state index in [1.165, 1.54) is 21.8 Å². The summed E-state index contributed by atoms with van der Waals surface area (Å²) in [6.07, 6.45) is 0. The van der Waals surface area contributed by atoms with Crippen molar-refractivity contribution in [2.24, 2.45) is 0 Å². The second-order valence-electron chi connectivity index (χ2n) is 4.42. The third-order valence-electron chi connectivity index (χ3n) is 3.04. The van der Waals surface area contributed by atoms with Gasteiger partial charge in [0.05, 0.1) is 14.1 Å². The lowest BCUT2D eigenvalue weighted by atomic mass is 10.1. The van der Waals surface area contributed by atoms with Crippen molar-refractivity contribution in [2.45, 2.75) is 0 Å². The van der Waals surface area contributed by atoms with Crippen LogP contribution in [0.2, 0.25) is 0 Å². The van der Waals surface area contributed by atoms with Crippen LogP contribution in [0.3, 0.4) is 0 Å². The average Bonchev–Trinajstić information content (AvgIpc) is 2.35. The molecular weight excluding hydrogens is 244 g/mol. The summed E-state index contributed by atoms with van der Waals surface area (Å²) >= 11 is 0. The molecule has 0 radical (unpaired) electrons. The summed E-state index contributed by atoms with van der Waals surface area (Å²) in [6, 6.07) is 19.2. The van der Waals surface area contributed by atoms with Crippen molar-refractivity contribution in [1.82, 2.24) is 0 Å². The van der Waals surface area contributed by atoms with Crippen LogP contribution in [-0.4, -0.2) is 14.1 Å². The lowest BCUT2D eigenvalue weighted by Gasteiger charge is -2.10. The van der Waals surface area contributed by atoms with E-state index in [2.05, 4.69) is 78.4 Å². The van der Waals surface area contributed by atoms with Crippen molar-refractivity contribution in [3.63, 3.8) is 0 Å². The fourth-order valence-electron chi connectivity index (χ4n) is 2.33.